The third-order valence-electron chi connectivity index (χ3n) is 5.03. The van der Waals surface area contributed by atoms with Crippen LogP contribution in [0.4, 0.5) is 0 Å². The van der Waals surface area contributed by atoms with Crippen LogP contribution >= 0.6 is 0 Å². The van der Waals surface area contributed by atoms with Crippen LogP contribution in [0.1, 0.15) is 35.0 Å². The summed E-state index contributed by atoms with van der Waals surface area (Å²) in [6, 6.07) is 18.3. The lowest BCUT2D eigenvalue weighted by atomic mass is 10.2. The van der Waals surface area contributed by atoms with E-state index in [0.29, 0.717) is 19.7 Å². The second-order valence-corrected chi connectivity index (χ2v) is 7.24. The van der Waals surface area contributed by atoms with E-state index in [4.69, 9.17) is 9.73 Å². The Morgan fingerprint density at radius 1 is 1.00 bits per heavy atom. The molecule has 1 aromatic heterocycles. The van der Waals surface area contributed by atoms with Crippen molar-refractivity contribution < 1.29 is 4.74 Å². The maximum atomic E-state index is 5.85. The van der Waals surface area contributed by atoms with Gasteiger partial charge in [0.2, 0.25) is 0 Å². The van der Waals surface area contributed by atoms with Gasteiger partial charge in [-0.2, -0.15) is 5.10 Å². The summed E-state index contributed by atoms with van der Waals surface area (Å²) in [5.41, 5.74) is 5.72. The highest BCUT2D eigenvalue weighted by Gasteiger charge is 2.09. The Morgan fingerprint density at radius 2 is 1.73 bits per heavy atom. The van der Waals surface area contributed by atoms with E-state index in [2.05, 4.69) is 53.8 Å². The first-order valence-corrected chi connectivity index (χ1v) is 10.3. The second-order valence-electron chi connectivity index (χ2n) is 7.24. The predicted octanol–water partition coefficient (Wildman–Crippen LogP) is 3.87. The van der Waals surface area contributed by atoms with Gasteiger partial charge in [-0.25, -0.2) is 4.99 Å². The molecule has 2 N–H and O–H groups in total. The van der Waals surface area contributed by atoms with E-state index < -0.39 is 0 Å². The fourth-order valence-corrected chi connectivity index (χ4v) is 3.19. The lowest BCUT2D eigenvalue weighted by Gasteiger charge is -2.12. The van der Waals surface area contributed by atoms with E-state index in [0.717, 1.165) is 35.1 Å². The molecule has 0 amide bonds. The van der Waals surface area contributed by atoms with Gasteiger partial charge in [-0.15, -0.1) is 0 Å². The molecular formula is C24H31N5O. The SMILES string of the molecule is CCNC(=NCc1ccc(OCc2ccccc2)cc1)NCc1c(C)nn(C)c1C. The maximum absolute atomic E-state index is 5.85. The van der Waals surface area contributed by atoms with Gasteiger partial charge in [0.1, 0.15) is 12.4 Å². The predicted molar refractivity (Wildman–Crippen MR) is 122 cm³/mol. The Morgan fingerprint density at radius 3 is 2.37 bits per heavy atom. The van der Waals surface area contributed by atoms with Crippen LogP contribution in [0.3, 0.4) is 0 Å². The van der Waals surface area contributed by atoms with Crippen molar-refractivity contribution in [1.29, 1.82) is 0 Å². The zero-order chi connectivity index (χ0) is 21.3. The topological polar surface area (TPSA) is 63.5 Å². The minimum absolute atomic E-state index is 0.569. The first-order valence-electron chi connectivity index (χ1n) is 10.3. The number of nitrogens with one attached hydrogen (secondary N) is 2. The van der Waals surface area contributed by atoms with Crippen LogP contribution in [0.2, 0.25) is 0 Å². The average molecular weight is 406 g/mol. The molecular weight excluding hydrogens is 374 g/mol. The summed E-state index contributed by atoms with van der Waals surface area (Å²) in [6.07, 6.45) is 0. The number of nitrogens with zero attached hydrogens (tertiary/aromatic N) is 3. The second kappa shape index (κ2) is 10.5. The van der Waals surface area contributed by atoms with Crippen LogP contribution < -0.4 is 15.4 Å². The van der Waals surface area contributed by atoms with Gasteiger partial charge in [-0.3, -0.25) is 4.68 Å². The molecule has 158 valence electrons. The number of hydrogen-bond donors (Lipinski definition) is 2. The summed E-state index contributed by atoms with van der Waals surface area (Å²) in [6.45, 7) is 8.86. The highest BCUT2D eigenvalue weighted by atomic mass is 16.5. The van der Waals surface area contributed by atoms with Crippen LogP contribution in [0.5, 0.6) is 5.75 Å². The largest absolute Gasteiger partial charge is 0.489 e. The molecule has 0 unspecified atom stereocenters. The molecule has 0 aliphatic rings. The summed E-state index contributed by atoms with van der Waals surface area (Å²) in [5, 5.41) is 11.2. The summed E-state index contributed by atoms with van der Waals surface area (Å²) in [5.74, 6) is 1.66. The normalized spacial score (nSPS) is 11.4. The molecule has 0 spiro atoms. The molecule has 3 rings (SSSR count). The molecule has 0 saturated carbocycles. The smallest absolute Gasteiger partial charge is 0.191 e. The highest BCUT2D eigenvalue weighted by Crippen LogP contribution is 2.15. The summed E-state index contributed by atoms with van der Waals surface area (Å²) < 4.78 is 7.77. The molecule has 0 atom stereocenters. The van der Waals surface area contributed by atoms with Gasteiger partial charge in [0.15, 0.2) is 5.96 Å². The number of hydrogen-bond acceptors (Lipinski definition) is 3. The van der Waals surface area contributed by atoms with Crippen LogP contribution in [0.25, 0.3) is 0 Å². The molecule has 30 heavy (non-hydrogen) atoms. The number of aromatic nitrogens is 2. The number of guanidine groups is 1. The summed E-state index contributed by atoms with van der Waals surface area (Å²) in [7, 11) is 1.97. The number of aryl methyl sites for hydroxylation is 2. The first-order chi connectivity index (χ1) is 14.6. The lowest BCUT2D eigenvalue weighted by Crippen LogP contribution is -2.37. The van der Waals surface area contributed by atoms with Crippen LogP contribution in [-0.2, 0) is 26.7 Å². The molecule has 6 heteroatoms. The Balaban J connectivity index is 1.56. The minimum Gasteiger partial charge on any atom is -0.489 e. The fourth-order valence-electron chi connectivity index (χ4n) is 3.19. The van der Waals surface area contributed by atoms with Crippen LogP contribution in [-0.4, -0.2) is 22.3 Å². The van der Waals surface area contributed by atoms with E-state index in [1.165, 1.54) is 11.3 Å². The van der Waals surface area contributed by atoms with Crippen molar-refractivity contribution in [3.8, 4) is 5.75 Å². The number of aliphatic imine (C=N–C) groups is 1. The van der Waals surface area contributed by atoms with E-state index in [9.17, 15) is 0 Å². The standard InChI is InChI=1S/C24H31N5O/c1-5-25-24(27-16-23-18(2)28-29(4)19(23)3)26-15-20-11-13-22(14-12-20)30-17-21-9-7-6-8-10-21/h6-14H,5,15-17H2,1-4H3,(H2,25,26,27). The maximum Gasteiger partial charge on any atom is 0.191 e. The zero-order valence-corrected chi connectivity index (χ0v) is 18.3. The van der Waals surface area contributed by atoms with Gasteiger partial charge < -0.3 is 15.4 Å². The third kappa shape index (κ3) is 5.86. The molecule has 0 saturated heterocycles. The quantitative estimate of drug-likeness (QED) is 0.441. The van der Waals surface area contributed by atoms with Gasteiger partial charge in [0, 0.05) is 31.4 Å². The lowest BCUT2D eigenvalue weighted by molar-refractivity contribution is 0.306. The van der Waals surface area contributed by atoms with Crippen molar-refractivity contribution in [2.45, 2.75) is 40.5 Å². The third-order valence-corrected chi connectivity index (χ3v) is 5.03. The van der Waals surface area contributed by atoms with Crippen molar-refractivity contribution in [3.05, 3.63) is 82.7 Å². The first kappa shape index (κ1) is 21.4. The van der Waals surface area contributed by atoms with Crippen molar-refractivity contribution >= 4 is 5.96 Å². The molecule has 1 heterocycles. The fraction of sp³-hybridized carbons (Fsp3) is 0.333. The van der Waals surface area contributed by atoms with Crippen molar-refractivity contribution in [3.63, 3.8) is 0 Å². The highest BCUT2D eigenvalue weighted by molar-refractivity contribution is 5.79. The van der Waals surface area contributed by atoms with Gasteiger partial charge in [0.25, 0.3) is 0 Å². The molecule has 0 radical (unpaired) electrons. The molecule has 0 aliphatic heterocycles. The Labute approximate surface area is 179 Å². The van der Waals surface area contributed by atoms with Crippen molar-refractivity contribution in [2.75, 3.05) is 6.54 Å². The number of benzene rings is 2. The van der Waals surface area contributed by atoms with E-state index in [1.54, 1.807) is 0 Å². The van der Waals surface area contributed by atoms with E-state index in [-0.39, 0.29) is 0 Å². The molecule has 0 fully saturated rings. The van der Waals surface area contributed by atoms with Gasteiger partial charge in [0.05, 0.1) is 12.2 Å². The van der Waals surface area contributed by atoms with Crippen molar-refractivity contribution in [1.82, 2.24) is 20.4 Å². The van der Waals surface area contributed by atoms with E-state index >= 15 is 0 Å². The molecule has 0 bridgehead atoms. The molecule has 2 aromatic carbocycles. The van der Waals surface area contributed by atoms with Gasteiger partial charge in [-0.1, -0.05) is 42.5 Å². The average Bonchev–Trinajstić information content (AvgIpc) is 3.01. The van der Waals surface area contributed by atoms with Crippen LogP contribution in [0.15, 0.2) is 59.6 Å². The van der Waals surface area contributed by atoms with Gasteiger partial charge in [-0.05, 0) is 44.0 Å². The molecule has 6 nitrogen and oxygen atoms in total. The number of ether oxygens (including phenoxy) is 1. The monoisotopic (exact) mass is 405 g/mol. The Bertz CT molecular complexity index is 961. The number of rotatable bonds is 8. The molecule has 0 aliphatic carbocycles. The Kier molecular flexibility index (Phi) is 7.49. The Hall–Kier alpha value is -3.28. The van der Waals surface area contributed by atoms with Crippen molar-refractivity contribution in [2.24, 2.45) is 12.0 Å². The van der Waals surface area contributed by atoms with Gasteiger partial charge >= 0.3 is 0 Å². The minimum atomic E-state index is 0.569. The summed E-state index contributed by atoms with van der Waals surface area (Å²) >= 11 is 0. The van der Waals surface area contributed by atoms with Crippen LogP contribution in [0, 0.1) is 13.8 Å². The van der Waals surface area contributed by atoms with E-state index in [1.807, 2.05) is 49.0 Å². The zero-order valence-electron chi connectivity index (χ0n) is 18.3. The molecule has 3 aromatic rings. The summed E-state index contributed by atoms with van der Waals surface area (Å²) in [4.78, 5) is 4.71.